The Bertz CT molecular complexity index is 599. The number of aryl methyl sites for hydroxylation is 1. The van der Waals surface area contributed by atoms with Gasteiger partial charge >= 0.3 is 0 Å². The first-order chi connectivity index (χ1) is 10.1. The van der Waals surface area contributed by atoms with Crippen LogP contribution in [0.5, 0.6) is 0 Å². The highest BCUT2D eigenvalue weighted by Gasteiger charge is 2.27. The molecule has 0 fully saturated rings. The molecular formula is C16H22BrClN2S. The van der Waals surface area contributed by atoms with Gasteiger partial charge in [-0.3, -0.25) is 0 Å². The standard InChI is InChI=1S/C16H22BrClN2S/c1-4-16(5-2,21-3)11-20-14-10-12(17)6-7-13(14)19-15(20)8-9-18/h6-7,10H,4-5,8-9,11H2,1-3H3. The van der Waals surface area contributed by atoms with E-state index in [2.05, 4.69) is 52.7 Å². The van der Waals surface area contributed by atoms with Crippen LogP contribution in [0.15, 0.2) is 22.7 Å². The second-order valence-electron chi connectivity index (χ2n) is 5.28. The zero-order chi connectivity index (χ0) is 15.5. The number of hydrogen-bond acceptors (Lipinski definition) is 2. The summed E-state index contributed by atoms with van der Waals surface area (Å²) in [6, 6.07) is 6.29. The largest absolute Gasteiger partial charge is 0.327 e. The zero-order valence-corrected chi connectivity index (χ0v) is 16.0. The maximum Gasteiger partial charge on any atom is 0.111 e. The van der Waals surface area contributed by atoms with Gasteiger partial charge in [-0.05, 0) is 37.3 Å². The summed E-state index contributed by atoms with van der Waals surface area (Å²) < 4.78 is 3.72. The predicted molar refractivity (Wildman–Crippen MR) is 98.7 cm³/mol. The highest BCUT2D eigenvalue weighted by atomic mass is 79.9. The van der Waals surface area contributed by atoms with Crippen molar-refractivity contribution in [3.05, 3.63) is 28.5 Å². The Morgan fingerprint density at radius 1 is 1.33 bits per heavy atom. The predicted octanol–water partition coefficient (Wildman–Crippen LogP) is 5.50. The Balaban J connectivity index is 2.53. The van der Waals surface area contributed by atoms with Crippen molar-refractivity contribution in [1.29, 1.82) is 0 Å². The molecule has 0 unspecified atom stereocenters. The number of fused-ring (bicyclic) bond motifs is 1. The molecule has 0 amide bonds. The molecule has 116 valence electrons. The molecule has 5 heteroatoms. The molecule has 0 radical (unpaired) electrons. The lowest BCUT2D eigenvalue weighted by atomic mass is 10.0. The van der Waals surface area contributed by atoms with E-state index < -0.39 is 0 Å². The highest BCUT2D eigenvalue weighted by molar-refractivity contribution is 9.10. The van der Waals surface area contributed by atoms with Gasteiger partial charge in [0.15, 0.2) is 0 Å². The van der Waals surface area contributed by atoms with Crippen molar-refractivity contribution in [3.8, 4) is 0 Å². The van der Waals surface area contributed by atoms with E-state index in [0.717, 1.165) is 41.6 Å². The van der Waals surface area contributed by atoms with E-state index in [4.69, 9.17) is 16.6 Å². The molecule has 0 aliphatic rings. The summed E-state index contributed by atoms with van der Waals surface area (Å²) in [5.41, 5.74) is 2.25. The van der Waals surface area contributed by atoms with Crippen LogP contribution in [0.2, 0.25) is 0 Å². The van der Waals surface area contributed by atoms with E-state index in [1.54, 1.807) is 0 Å². The van der Waals surface area contributed by atoms with E-state index in [9.17, 15) is 0 Å². The molecule has 1 aromatic heterocycles. The Hall–Kier alpha value is -0.190. The third-order valence-electron chi connectivity index (χ3n) is 4.28. The molecule has 2 aromatic rings. The average Bonchev–Trinajstić information content (AvgIpc) is 2.82. The Kier molecular flexibility index (Phi) is 6.04. The summed E-state index contributed by atoms with van der Waals surface area (Å²) in [5, 5.41) is 0. The molecule has 0 N–H and O–H groups in total. The third-order valence-corrected chi connectivity index (χ3v) is 6.53. The van der Waals surface area contributed by atoms with Crippen molar-refractivity contribution >= 4 is 50.3 Å². The van der Waals surface area contributed by atoms with Gasteiger partial charge in [0, 0.05) is 28.1 Å². The van der Waals surface area contributed by atoms with E-state index in [0.29, 0.717) is 5.88 Å². The SMILES string of the molecule is CCC(CC)(Cn1c(CCCl)nc2ccc(Br)cc21)SC. The molecule has 0 bridgehead atoms. The average molecular weight is 390 g/mol. The van der Waals surface area contributed by atoms with Crippen LogP contribution in [0, 0.1) is 0 Å². The molecule has 21 heavy (non-hydrogen) atoms. The monoisotopic (exact) mass is 388 g/mol. The number of halogens is 2. The molecule has 0 saturated heterocycles. The molecule has 0 aliphatic carbocycles. The van der Waals surface area contributed by atoms with Crippen molar-refractivity contribution in [2.24, 2.45) is 0 Å². The second-order valence-corrected chi connectivity index (χ2v) is 7.85. The van der Waals surface area contributed by atoms with E-state index in [1.807, 2.05) is 17.8 Å². The van der Waals surface area contributed by atoms with Gasteiger partial charge in [-0.1, -0.05) is 29.8 Å². The number of hydrogen-bond donors (Lipinski definition) is 0. The molecule has 0 aliphatic heterocycles. The molecule has 0 spiro atoms. The van der Waals surface area contributed by atoms with Crippen LogP contribution in [0.4, 0.5) is 0 Å². The summed E-state index contributed by atoms with van der Waals surface area (Å²) in [6.07, 6.45) is 5.33. The second kappa shape index (κ2) is 7.38. The highest BCUT2D eigenvalue weighted by Crippen LogP contribution is 2.34. The fourth-order valence-corrected chi connectivity index (χ4v) is 4.07. The van der Waals surface area contributed by atoms with E-state index in [1.165, 1.54) is 5.52 Å². The van der Waals surface area contributed by atoms with Gasteiger partial charge in [0.25, 0.3) is 0 Å². The van der Waals surface area contributed by atoms with Gasteiger partial charge in [-0.2, -0.15) is 11.8 Å². The first-order valence-electron chi connectivity index (χ1n) is 7.35. The van der Waals surface area contributed by atoms with Crippen LogP contribution < -0.4 is 0 Å². The third kappa shape index (κ3) is 3.59. The van der Waals surface area contributed by atoms with Gasteiger partial charge in [-0.15, -0.1) is 11.6 Å². The lowest BCUT2D eigenvalue weighted by Gasteiger charge is -2.31. The lowest BCUT2D eigenvalue weighted by Crippen LogP contribution is -2.29. The molecular weight excluding hydrogens is 368 g/mol. The summed E-state index contributed by atoms with van der Waals surface area (Å²) in [5.74, 6) is 1.70. The minimum atomic E-state index is 0.261. The van der Waals surface area contributed by atoms with Crippen molar-refractivity contribution < 1.29 is 0 Å². The number of imidazole rings is 1. The number of alkyl halides is 1. The maximum atomic E-state index is 5.97. The van der Waals surface area contributed by atoms with Crippen LogP contribution in [0.25, 0.3) is 11.0 Å². The maximum absolute atomic E-state index is 5.97. The first-order valence-corrected chi connectivity index (χ1v) is 9.90. The van der Waals surface area contributed by atoms with Crippen LogP contribution >= 0.6 is 39.3 Å². The lowest BCUT2D eigenvalue weighted by molar-refractivity contribution is 0.464. The van der Waals surface area contributed by atoms with Crippen LogP contribution in [0.1, 0.15) is 32.5 Å². The topological polar surface area (TPSA) is 17.8 Å². The molecule has 1 aromatic carbocycles. The summed E-state index contributed by atoms with van der Waals surface area (Å²) >= 11 is 11.5. The molecule has 0 saturated carbocycles. The van der Waals surface area contributed by atoms with Crippen molar-refractivity contribution in [2.75, 3.05) is 12.1 Å². The Morgan fingerprint density at radius 3 is 2.62 bits per heavy atom. The molecule has 1 heterocycles. The van der Waals surface area contributed by atoms with Crippen LogP contribution in [0.3, 0.4) is 0 Å². The summed E-state index contributed by atoms with van der Waals surface area (Å²) in [4.78, 5) is 4.78. The minimum Gasteiger partial charge on any atom is -0.327 e. The number of nitrogens with zero attached hydrogens (tertiary/aromatic N) is 2. The summed E-state index contributed by atoms with van der Waals surface area (Å²) in [6.45, 7) is 5.53. The van der Waals surface area contributed by atoms with Gasteiger partial charge in [-0.25, -0.2) is 4.98 Å². The Labute approximate surface area is 144 Å². The van der Waals surface area contributed by atoms with E-state index >= 15 is 0 Å². The van der Waals surface area contributed by atoms with Crippen LogP contribution in [-0.2, 0) is 13.0 Å². The first kappa shape index (κ1) is 17.2. The van der Waals surface area contributed by atoms with Gasteiger partial charge in [0.2, 0.25) is 0 Å². The van der Waals surface area contributed by atoms with Gasteiger partial charge in [0.1, 0.15) is 5.82 Å². The zero-order valence-electron chi connectivity index (χ0n) is 12.8. The number of thioether (sulfide) groups is 1. The van der Waals surface area contributed by atoms with Crippen molar-refractivity contribution in [1.82, 2.24) is 9.55 Å². The Morgan fingerprint density at radius 2 is 2.05 bits per heavy atom. The van der Waals surface area contributed by atoms with Crippen LogP contribution in [-0.4, -0.2) is 26.4 Å². The molecule has 0 atom stereocenters. The van der Waals surface area contributed by atoms with Gasteiger partial charge in [0.05, 0.1) is 11.0 Å². The number of rotatable bonds is 7. The molecule has 2 rings (SSSR count). The van der Waals surface area contributed by atoms with Gasteiger partial charge < -0.3 is 4.57 Å². The van der Waals surface area contributed by atoms with Crippen molar-refractivity contribution in [3.63, 3.8) is 0 Å². The number of aromatic nitrogens is 2. The summed E-state index contributed by atoms with van der Waals surface area (Å²) in [7, 11) is 0. The quantitative estimate of drug-likeness (QED) is 0.582. The minimum absolute atomic E-state index is 0.261. The molecule has 2 nitrogen and oxygen atoms in total. The fraction of sp³-hybridized carbons (Fsp3) is 0.562. The smallest absolute Gasteiger partial charge is 0.111 e. The fourth-order valence-electron chi connectivity index (χ4n) is 2.71. The van der Waals surface area contributed by atoms with E-state index in [-0.39, 0.29) is 4.75 Å². The number of benzene rings is 1. The van der Waals surface area contributed by atoms with Crippen molar-refractivity contribution in [2.45, 2.75) is 44.4 Å². The normalized spacial score (nSPS) is 12.2.